The van der Waals surface area contributed by atoms with E-state index in [1.54, 1.807) is 18.2 Å². The molecule has 0 bridgehead atoms. The molecule has 11 nitrogen and oxygen atoms in total. The first-order chi connectivity index (χ1) is 24.4. The molecule has 1 aliphatic carbocycles. The molecule has 4 aliphatic rings. The number of para-hydroxylation sites is 1. The Labute approximate surface area is 290 Å². The lowest BCUT2D eigenvalue weighted by Crippen LogP contribution is -2.53. The molecule has 2 atom stereocenters. The number of benzene rings is 2. The highest BCUT2D eigenvalue weighted by Crippen LogP contribution is 2.33. The Hall–Kier alpha value is -5.23. The zero-order valence-corrected chi connectivity index (χ0v) is 27.8. The average Bonchev–Trinajstić information content (AvgIpc) is 3.57. The largest absolute Gasteiger partial charge is 0.507 e. The van der Waals surface area contributed by atoms with Crippen LogP contribution in [-0.4, -0.2) is 92.8 Å². The molecule has 258 valence electrons. The fourth-order valence-corrected chi connectivity index (χ4v) is 7.80. The number of rotatable bonds is 7. The summed E-state index contributed by atoms with van der Waals surface area (Å²) in [6.45, 7) is 5.33. The molecule has 2 aromatic carbocycles. The van der Waals surface area contributed by atoms with Gasteiger partial charge in [0.15, 0.2) is 0 Å². The van der Waals surface area contributed by atoms with E-state index in [2.05, 4.69) is 64.5 Å². The van der Waals surface area contributed by atoms with E-state index in [0.717, 1.165) is 69.6 Å². The molecule has 12 heteroatoms. The number of phenolic OH excluding ortho intramolecular Hbond substituents is 1. The smallest absolute Gasteiger partial charge is 0.249 e. The van der Waals surface area contributed by atoms with Gasteiger partial charge in [0.2, 0.25) is 11.8 Å². The summed E-state index contributed by atoms with van der Waals surface area (Å²) >= 11 is 0. The molecular weight excluding hydrogens is 635 g/mol. The third kappa shape index (κ3) is 6.42. The number of aromatic hydroxyl groups is 1. The molecule has 50 heavy (non-hydrogen) atoms. The zero-order chi connectivity index (χ0) is 34.2. The van der Waals surface area contributed by atoms with E-state index < -0.39 is 6.04 Å². The van der Waals surface area contributed by atoms with Crippen LogP contribution in [0, 0.1) is 5.82 Å². The quantitative estimate of drug-likeness (QED) is 0.237. The van der Waals surface area contributed by atoms with Crippen molar-refractivity contribution >= 4 is 34.2 Å². The Morgan fingerprint density at radius 2 is 1.72 bits per heavy atom. The Bertz CT molecular complexity index is 1980. The summed E-state index contributed by atoms with van der Waals surface area (Å²) in [5.74, 6) is -0.756. The van der Waals surface area contributed by atoms with E-state index in [1.165, 1.54) is 11.8 Å². The van der Waals surface area contributed by atoms with Crippen molar-refractivity contribution in [1.82, 2.24) is 29.9 Å². The van der Waals surface area contributed by atoms with Gasteiger partial charge in [-0.3, -0.25) is 19.8 Å². The second-order valence-electron chi connectivity index (χ2n) is 13.6. The number of imide groups is 1. The van der Waals surface area contributed by atoms with Gasteiger partial charge >= 0.3 is 0 Å². The lowest BCUT2D eigenvalue weighted by Gasteiger charge is -2.44. The summed E-state index contributed by atoms with van der Waals surface area (Å²) in [7, 11) is 0. The van der Waals surface area contributed by atoms with Gasteiger partial charge in [-0.2, -0.15) is 0 Å². The van der Waals surface area contributed by atoms with E-state index in [1.807, 2.05) is 30.3 Å². The van der Waals surface area contributed by atoms with Crippen LogP contribution in [0.25, 0.3) is 22.3 Å². The van der Waals surface area contributed by atoms with Crippen LogP contribution in [0.4, 0.5) is 15.8 Å². The van der Waals surface area contributed by atoms with Crippen molar-refractivity contribution in [2.24, 2.45) is 0 Å². The first-order valence-electron chi connectivity index (χ1n) is 17.5. The molecule has 0 saturated carbocycles. The molecule has 3 fully saturated rings. The zero-order valence-electron chi connectivity index (χ0n) is 27.8. The molecule has 3 aliphatic heterocycles. The summed E-state index contributed by atoms with van der Waals surface area (Å²) in [5, 5.41) is 24.5. The number of piperazine rings is 1. The molecule has 3 saturated heterocycles. The highest BCUT2D eigenvalue weighted by molar-refractivity contribution is 6.01. The average molecular weight is 677 g/mol. The number of halogens is 1. The summed E-state index contributed by atoms with van der Waals surface area (Å²) in [6, 6.07) is 16.4. The molecule has 5 heterocycles. The van der Waals surface area contributed by atoms with Gasteiger partial charge < -0.3 is 24.8 Å². The van der Waals surface area contributed by atoms with Gasteiger partial charge in [0, 0.05) is 74.9 Å². The molecule has 4 aromatic rings. The van der Waals surface area contributed by atoms with Crippen LogP contribution >= 0.6 is 0 Å². The highest BCUT2D eigenvalue weighted by Gasteiger charge is 2.30. The van der Waals surface area contributed by atoms with Crippen LogP contribution in [0.3, 0.4) is 0 Å². The fraction of sp³-hybridized carbons (Fsp3) is 0.368. The van der Waals surface area contributed by atoms with Crippen molar-refractivity contribution in [2.75, 3.05) is 49.5 Å². The van der Waals surface area contributed by atoms with Crippen molar-refractivity contribution in [2.45, 2.75) is 50.2 Å². The van der Waals surface area contributed by atoms with Crippen molar-refractivity contribution in [1.29, 1.82) is 0 Å². The number of nitrogens with zero attached hydrogens (tertiary/aromatic N) is 6. The number of carbonyl (C=O) groups is 2. The van der Waals surface area contributed by atoms with Crippen molar-refractivity contribution in [3.05, 3.63) is 90.5 Å². The van der Waals surface area contributed by atoms with Gasteiger partial charge in [0.05, 0.1) is 22.9 Å². The van der Waals surface area contributed by atoms with Crippen LogP contribution in [0.5, 0.6) is 5.75 Å². The fourth-order valence-electron chi connectivity index (χ4n) is 7.80. The number of fused-ring (bicyclic) bond motifs is 1. The molecule has 0 spiro atoms. The molecule has 2 unspecified atom stereocenters. The first kappa shape index (κ1) is 32.0. The highest BCUT2D eigenvalue weighted by atomic mass is 19.1. The molecule has 8 rings (SSSR count). The molecule has 2 amide bonds. The van der Waals surface area contributed by atoms with E-state index in [0.29, 0.717) is 35.1 Å². The number of nitrogens with one attached hydrogen (secondary N) is 2. The number of hydrogen-bond acceptors (Lipinski definition) is 9. The van der Waals surface area contributed by atoms with Gasteiger partial charge in [-0.25, -0.2) is 4.39 Å². The number of piperidine rings is 2. The molecule has 0 radical (unpaired) electrons. The predicted molar refractivity (Wildman–Crippen MR) is 190 cm³/mol. The maximum Gasteiger partial charge on any atom is 0.249 e. The minimum Gasteiger partial charge on any atom is -0.507 e. The summed E-state index contributed by atoms with van der Waals surface area (Å²) in [6.07, 6.45) is 12.7. The molecular formula is C38H41FN8O3. The number of phenols is 1. The number of aromatic nitrogens is 3. The van der Waals surface area contributed by atoms with E-state index in [4.69, 9.17) is 0 Å². The van der Waals surface area contributed by atoms with Crippen LogP contribution in [0.15, 0.2) is 84.7 Å². The van der Waals surface area contributed by atoms with Crippen LogP contribution in [0.2, 0.25) is 0 Å². The third-order valence-corrected chi connectivity index (χ3v) is 10.6. The van der Waals surface area contributed by atoms with Crippen LogP contribution < -0.4 is 15.5 Å². The Kier molecular flexibility index (Phi) is 8.70. The summed E-state index contributed by atoms with van der Waals surface area (Å²) < 4.78 is 17.4. The van der Waals surface area contributed by atoms with Crippen LogP contribution in [-0.2, 0) is 9.59 Å². The van der Waals surface area contributed by atoms with Gasteiger partial charge in [0.1, 0.15) is 23.1 Å². The Balaban J connectivity index is 0.827. The van der Waals surface area contributed by atoms with Crippen molar-refractivity contribution in [3.63, 3.8) is 0 Å². The number of anilines is 2. The number of allylic oxidation sites excluding steroid dienone is 3. The number of carbonyl (C=O) groups excluding carboxylic acids is 2. The van der Waals surface area contributed by atoms with E-state index in [9.17, 15) is 14.7 Å². The topological polar surface area (TPSA) is 119 Å². The first-order valence-corrected chi connectivity index (χ1v) is 17.5. The Morgan fingerprint density at radius 1 is 0.900 bits per heavy atom. The summed E-state index contributed by atoms with van der Waals surface area (Å²) in [5.41, 5.74) is 5.55. The standard InChI is InChI=1S/C38H41FN8O3/c39-30-23-25(40-32-10-12-37(49)41-38(32)50)5-11-34(30)46-21-19-45(20-22-46)27-13-16-44(17-14-27)26-6-8-28(9-7-26)47-18-15-31-35(47)24-33(43-42-31)29-3-1-2-4-36(29)48/h1-8,11,15,18,23-24,27-28,32,40,48H,9-10,12-14,16-17,19-22H2,(H,41,49,50). The number of amides is 2. The van der Waals surface area contributed by atoms with Crippen LogP contribution in [0.1, 0.15) is 38.1 Å². The SMILES string of the molecule is O=C1CCC(Nc2ccc(N3CCN(C4CCN(C5=CCC(n6ccc7nnc(-c8ccccc8O)cc76)C=C5)CC4)CC3)c(F)c2)C(=O)N1. The lowest BCUT2D eigenvalue weighted by molar-refractivity contribution is -0.133. The second-order valence-corrected chi connectivity index (χ2v) is 13.6. The third-order valence-electron chi connectivity index (χ3n) is 10.6. The Morgan fingerprint density at radius 3 is 2.46 bits per heavy atom. The van der Waals surface area contributed by atoms with Gasteiger partial charge in [-0.05, 0) is 74.2 Å². The van der Waals surface area contributed by atoms with Crippen molar-refractivity contribution in [3.8, 4) is 17.0 Å². The second kappa shape index (κ2) is 13.6. The summed E-state index contributed by atoms with van der Waals surface area (Å²) in [4.78, 5) is 30.7. The lowest BCUT2D eigenvalue weighted by atomic mass is 9.99. The number of hydrogen-bond donors (Lipinski definition) is 3. The van der Waals surface area contributed by atoms with Gasteiger partial charge in [-0.15, -0.1) is 10.2 Å². The van der Waals surface area contributed by atoms with Crippen molar-refractivity contribution < 1.29 is 19.1 Å². The van der Waals surface area contributed by atoms with E-state index >= 15 is 4.39 Å². The minimum atomic E-state index is -0.539. The monoisotopic (exact) mass is 676 g/mol. The maximum atomic E-state index is 15.2. The maximum absolute atomic E-state index is 15.2. The predicted octanol–water partition coefficient (Wildman–Crippen LogP) is 4.83. The molecule has 3 N–H and O–H groups in total. The van der Waals surface area contributed by atoms with E-state index in [-0.39, 0.29) is 35.8 Å². The van der Waals surface area contributed by atoms with Gasteiger partial charge in [-0.1, -0.05) is 24.3 Å². The minimum absolute atomic E-state index is 0.175. The normalized spacial score (nSPS) is 22.1. The van der Waals surface area contributed by atoms with Gasteiger partial charge in [0.25, 0.3) is 0 Å². The molecule has 2 aromatic heterocycles. The number of likely N-dealkylation sites (tertiary alicyclic amines) is 1.